The summed E-state index contributed by atoms with van der Waals surface area (Å²) in [5.74, 6) is 0. The molecule has 1 fully saturated rings. The molecule has 1 unspecified atom stereocenters. The summed E-state index contributed by atoms with van der Waals surface area (Å²) >= 11 is 0. The summed E-state index contributed by atoms with van der Waals surface area (Å²) < 4.78 is 4.54. The first-order chi connectivity index (χ1) is 5.92. The van der Waals surface area contributed by atoms with E-state index < -0.39 is 36.9 Å². The fourth-order valence-corrected chi connectivity index (χ4v) is 1.14. The van der Waals surface area contributed by atoms with Gasteiger partial charge in [0.25, 0.3) is 0 Å². The Morgan fingerprint density at radius 2 is 1.69 bits per heavy atom. The number of hydrogen-bond donors (Lipinski definition) is 6. The van der Waals surface area contributed by atoms with Crippen LogP contribution in [0.4, 0.5) is 0 Å². The highest BCUT2D eigenvalue weighted by Gasteiger charge is 2.50. The standard InChI is InChI=1S/C6H13NO6/c7-6(1-8)4(11)2(9)3(10)5(12)13-6/h2-5,8-12H,1,7H2/t2-,3+,4+,5?,6-/m1/s1. The Kier molecular flexibility index (Phi) is 2.88. The topological polar surface area (TPSA) is 136 Å². The van der Waals surface area contributed by atoms with Crippen molar-refractivity contribution >= 4 is 0 Å². The van der Waals surface area contributed by atoms with Crippen molar-refractivity contribution < 1.29 is 30.3 Å². The first kappa shape index (κ1) is 10.8. The molecule has 0 aromatic rings. The molecule has 1 aliphatic heterocycles. The lowest BCUT2D eigenvalue weighted by Gasteiger charge is -2.43. The molecule has 7 nitrogen and oxygen atoms in total. The molecule has 1 heterocycles. The second-order valence-electron chi connectivity index (χ2n) is 3.05. The number of aliphatic hydroxyl groups is 5. The molecule has 13 heavy (non-hydrogen) atoms. The summed E-state index contributed by atoms with van der Waals surface area (Å²) in [5.41, 5.74) is 3.35. The molecule has 7 heteroatoms. The monoisotopic (exact) mass is 195 g/mol. The van der Waals surface area contributed by atoms with Gasteiger partial charge < -0.3 is 30.3 Å². The number of rotatable bonds is 1. The van der Waals surface area contributed by atoms with Crippen LogP contribution in [0.5, 0.6) is 0 Å². The maximum atomic E-state index is 9.25. The van der Waals surface area contributed by atoms with Gasteiger partial charge in [0, 0.05) is 0 Å². The van der Waals surface area contributed by atoms with Gasteiger partial charge in [-0.3, -0.25) is 5.73 Å². The number of nitrogens with two attached hydrogens (primary N) is 1. The van der Waals surface area contributed by atoms with Crippen molar-refractivity contribution in [2.45, 2.75) is 30.3 Å². The van der Waals surface area contributed by atoms with E-state index in [0.717, 1.165) is 0 Å². The molecule has 1 rings (SSSR count). The minimum atomic E-state index is -1.95. The SMILES string of the molecule is N[C@]1(CO)OC(O)[C@@H](O)[C@@H](O)[C@@H]1O. The van der Waals surface area contributed by atoms with Gasteiger partial charge in [-0.25, -0.2) is 0 Å². The minimum Gasteiger partial charge on any atom is -0.392 e. The highest BCUT2D eigenvalue weighted by atomic mass is 16.7. The lowest BCUT2D eigenvalue weighted by molar-refractivity contribution is -0.325. The van der Waals surface area contributed by atoms with Crippen molar-refractivity contribution in [3.63, 3.8) is 0 Å². The Morgan fingerprint density at radius 3 is 2.15 bits per heavy atom. The van der Waals surface area contributed by atoms with Crippen LogP contribution in [-0.2, 0) is 4.74 Å². The molecular weight excluding hydrogens is 182 g/mol. The molecule has 1 saturated heterocycles. The van der Waals surface area contributed by atoms with Gasteiger partial charge in [0.1, 0.15) is 18.3 Å². The van der Waals surface area contributed by atoms with Crippen molar-refractivity contribution in [1.29, 1.82) is 0 Å². The van der Waals surface area contributed by atoms with Crippen LogP contribution in [0.1, 0.15) is 0 Å². The Morgan fingerprint density at radius 1 is 1.15 bits per heavy atom. The van der Waals surface area contributed by atoms with Crippen molar-refractivity contribution in [3.8, 4) is 0 Å². The molecular formula is C6H13NO6. The van der Waals surface area contributed by atoms with Gasteiger partial charge in [0.15, 0.2) is 12.0 Å². The Bertz CT molecular complexity index is 190. The molecule has 0 bridgehead atoms. The first-order valence-corrected chi connectivity index (χ1v) is 3.72. The van der Waals surface area contributed by atoms with E-state index in [0.29, 0.717) is 0 Å². The van der Waals surface area contributed by atoms with E-state index in [1.54, 1.807) is 0 Å². The fourth-order valence-electron chi connectivity index (χ4n) is 1.14. The van der Waals surface area contributed by atoms with E-state index in [-0.39, 0.29) is 0 Å². The Hall–Kier alpha value is -0.280. The fraction of sp³-hybridized carbons (Fsp3) is 1.00. The molecule has 0 saturated carbocycles. The van der Waals surface area contributed by atoms with E-state index in [2.05, 4.69) is 4.74 Å². The molecule has 78 valence electrons. The quantitative estimate of drug-likeness (QED) is 0.251. The highest BCUT2D eigenvalue weighted by molar-refractivity contribution is 4.95. The average Bonchev–Trinajstić information content (AvgIpc) is 2.12. The van der Waals surface area contributed by atoms with Crippen molar-refractivity contribution in [2.75, 3.05) is 6.61 Å². The van der Waals surface area contributed by atoms with Crippen LogP contribution in [0, 0.1) is 0 Å². The zero-order valence-corrected chi connectivity index (χ0v) is 6.74. The Labute approximate surface area is 74.0 Å². The number of aliphatic hydroxyl groups excluding tert-OH is 5. The first-order valence-electron chi connectivity index (χ1n) is 3.72. The van der Waals surface area contributed by atoms with Gasteiger partial charge in [-0.2, -0.15) is 0 Å². The van der Waals surface area contributed by atoms with Crippen molar-refractivity contribution in [2.24, 2.45) is 5.73 Å². The minimum absolute atomic E-state index is 0.783. The summed E-state index contributed by atoms with van der Waals surface area (Å²) in [4.78, 5) is 0. The van der Waals surface area contributed by atoms with Crippen LogP contribution < -0.4 is 5.73 Å². The normalized spacial score (nSPS) is 52.2. The maximum absolute atomic E-state index is 9.25. The summed E-state index contributed by atoms with van der Waals surface area (Å²) in [6.07, 6.45) is -6.68. The molecule has 7 N–H and O–H groups in total. The molecule has 5 atom stereocenters. The maximum Gasteiger partial charge on any atom is 0.186 e. The van der Waals surface area contributed by atoms with Gasteiger partial charge in [-0.15, -0.1) is 0 Å². The van der Waals surface area contributed by atoms with Gasteiger partial charge in [0.2, 0.25) is 0 Å². The van der Waals surface area contributed by atoms with Gasteiger partial charge in [-0.1, -0.05) is 0 Å². The summed E-state index contributed by atoms with van der Waals surface area (Å²) in [5, 5.41) is 45.2. The smallest absolute Gasteiger partial charge is 0.186 e. The third-order valence-corrected chi connectivity index (χ3v) is 2.05. The van der Waals surface area contributed by atoms with Crippen LogP contribution in [0.15, 0.2) is 0 Å². The molecule has 0 aromatic heterocycles. The Balaban J connectivity index is 2.82. The molecule has 0 spiro atoms. The molecule has 1 aliphatic rings. The van der Waals surface area contributed by atoms with Crippen LogP contribution in [0.3, 0.4) is 0 Å². The molecule has 0 amide bonds. The van der Waals surface area contributed by atoms with Crippen LogP contribution >= 0.6 is 0 Å². The predicted octanol–water partition coefficient (Wildman–Crippen LogP) is -3.94. The predicted molar refractivity (Wildman–Crippen MR) is 39.1 cm³/mol. The molecule has 0 aliphatic carbocycles. The van der Waals surface area contributed by atoms with E-state index in [1.807, 2.05) is 0 Å². The van der Waals surface area contributed by atoms with Crippen LogP contribution in [0.25, 0.3) is 0 Å². The highest BCUT2D eigenvalue weighted by Crippen LogP contribution is 2.24. The lowest BCUT2D eigenvalue weighted by Crippen LogP contribution is -2.70. The summed E-state index contributed by atoms with van der Waals surface area (Å²) in [7, 11) is 0. The van der Waals surface area contributed by atoms with Gasteiger partial charge in [0.05, 0.1) is 6.61 Å². The second kappa shape index (κ2) is 3.46. The second-order valence-corrected chi connectivity index (χ2v) is 3.05. The molecule has 0 radical (unpaired) electrons. The van der Waals surface area contributed by atoms with Crippen molar-refractivity contribution in [1.82, 2.24) is 0 Å². The van der Waals surface area contributed by atoms with Crippen molar-refractivity contribution in [3.05, 3.63) is 0 Å². The lowest BCUT2D eigenvalue weighted by atomic mass is 9.95. The van der Waals surface area contributed by atoms with Crippen LogP contribution in [-0.4, -0.2) is 62.5 Å². The summed E-state index contributed by atoms with van der Waals surface area (Å²) in [6, 6.07) is 0. The number of hydrogen-bond acceptors (Lipinski definition) is 7. The number of ether oxygens (including phenoxy) is 1. The van der Waals surface area contributed by atoms with Gasteiger partial charge in [-0.05, 0) is 0 Å². The van der Waals surface area contributed by atoms with E-state index >= 15 is 0 Å². The zero-order valence-electron chi connectivity index (χ0n) is 6.74. The van der Waals surface area contributed by atoms with Gasteiger partial charge >= 0.3 is 0 Å². The largest absolute Gasteiger partial charge is 0.392 e. The third-order valence-electron chi connectivity index (χ3n) is 2.05. The average molecular weight is 195 g/mol. The van der Waals surface area contributed by atoms with E-state index in [4.69, 9.17) is 26.2 Å². The summed E-state index contributed by atoms with van der Waals surface area (Å²) in [6.45, 7) is -0.783. The molecule has 0 aromatic carbocycles. The van der Waals surface area contributed by atoms with E-state index in [1.165, 1.54) is 0 Å². The van der Waals surface area contributed by atoms with Crippen LogP contribution in [0.2, 0.25) is 0 Å². The third kappa shape index (κ3) is 1.67. The van der Waals surface area contributed by atoms with E-state index in [9.17, 15) is 5.11 Å². The zero-order chi connectivity index (χ0) is 10.2.